The second-order valence-electron chi connectivity index (χ2n) is 6.25. The Kier molecular flexibility index (Phi) is 6.01. The summed E-state index contributed by atoms with van der Waals surface area (Å²) in [7, 11) is 1.56. The Morgan fingerprint density at radius 1 is 0.929 bits per heavy atom. The molecule has 3 aromatic rings. The Labute approximate surface area is 163 Å². The third-order valence-electron chi connectivity index (χ3n) is 4.24. The van der Waals surface area contributed by atoms with E-state index in [-0.39, 0.29) is 17.9 Å². The molecule has 1 atom stereocenters. The topological polar surface area (TPSA) is 80.3 Å². The summed E-state index contributed by atoms with van der Waals surface area (Å²) in [6.45, 7) is 1.90. The minimum Gasteiger partial charge on any atom is -0.497 e. The second-order valence-corrected chi connectivity index (χ2v) is 6.25. The van der Waals surface area contributed by atoms with Gasteiger partial charge in [0.05, 0.1) is 24.3 Å². The van der Waals surface area contributed by atoms with E-state index in [9.17, 15) is 9.59 Å². The van der Waals surface area contributed by atoms with Gasteiger partial charge in [-0.25, -0.2) is 0 Å². The minimum atomic E-state index is -0.355. The van der Waals surface area contributed by atoms with Crippen molar-refractivity contribution in [3.63, 3.8) is 0 Å². The van der Waals surface area contributed by atoms with Crippen LogP contribution < -0.4 is 15.4 Å². The van der Waals surface area contributed by atoms with Crippen LogP contribution >= 0.6 is 0 Å². The van der Waals surface area contributed by atoms with Crippen LogP contribution in [0.15, 0.2) is 73.1 Å². The molecule has 3 rings (SSSR count). The number of hydrogen-bond donors (Lipinski definition) is 2. The third kappa shape index (κ3) is 4.73. The molecular formula is C22H21N3O3. The lowest BCUT2D eigenvalue weighted by Crippen LogP contribution is -2.27. The van der Waals surface area contributed by atoms with Crippen molar-refractivity contribution in [3.05, 3.63) is 89.7 Å². The average Bonchev–Trinajstić information content (AvgIpc) is 2.74. The molecule has 0 aliphatic carbocycles. The van der Waals surface area contributed by atoms with Gasteiger partial charge in [0.1, 0.15) is 5.75 Å². The zero-order chi connectivity index (χ0) is 19.9. The van der Waals surface area contributed by atoms with Crippen LogP contribution in [0.5, 0.6) is 5.75 Å². The van der Waals surface area contributed by atoms with Crippen LogP contribution in [0.25, 0.3) is 0 Å². The summed E-state index contributed by atoms with van der Waals surface area (Å²) >= 11 is 0. The summed E-state index contributed by atoms with van der Waals surface area (Å²) in [5.74, 6) is -0.00894. The van der Waals surface area contributed by atoms with Gasteiger partial charge in [0, 0.05) is 24.1 Å². The molecule has 28 heavy (non-hydrogen) atoms. The summed E-state index contributed by atoms with van der Waals surface area (Å²) in [6, 6.07) is 18.0. The Hall–Kier alpha value is -3.67. The van der Waals surface area contributed by atoms with Crippen LogP contribution in [0.2, 0.25) is 0 Å². The smallest absolute Gasteiger partial charge is 0.257 e. The van der Waals surface area contributed by atoms with E-state index in [2.05, 4.69) is 15.6 Å². The zero-order valence-corrected chi connectivity index (χ0v) is 15.7. The zero-order valence-electron chi connectivity index (χ0n) is 15.7. The first-order chi connectivity index (χ1) is 13.6. The maximum absolute atomic E-state index is 12.5. The van der Waals surface area contributed by atoms with E-state index < -0.39 is 0 Å². The number of benzene rings is 2. The number of carbonyl (C=O) groups is 2. The maximum Gasteiger partial charge on any atom is 0.257 e. The molecule has 2 amide bonds. The van der Waals surface area contributed by atoms with Crippen molar-refractivity contribution in [1.29, 1.82) is 0 Å². The third-order valence-corrected chi connectivity index (χ3v) is 4.24. The molecule has 0 radical (unpaired) electrons. The quantitative estimate of drug-likeness (QED) is 0.686. The lowest BCUT2D eigenvalue weighted by molar-refractivity contribution is 0.0939. The molecule has 1 aromatic heterocycles. The van der Waals surface area contributed by atoms with Gasteiger partial charge in [0.25, 0.3) is 11.8 Å². The molecule has 2 aromatic carbocycles. The van der Waals surface area contributed by atoms with Crippen molar-refractivity contribution in [1.82, 2.24) is 10.3 Å². The van der Waals surface area contributed by atoms with Gasteiger partial charge in [-0.15, -0.1) is 0 Å². The summed E-state index contributed by atoms with van der Waals surface area (Å²) in [5, 5.41) is 5.69. The Bertz CT molecular complexity index is 974. The van der Waals surface area contributed by atoms with Gasteiger partial charge >= 0.3 is 0 Å². The van der Waals surface area contributed by atoms with Crippen molar-refractivity contribution in [2.45, 2.75) is 13.0 Å². The summed E-state index contributed by atoms with van der Waals surface area (Å²) < 4.78 is 5.15. The van der Waals surface area contributed by atoms with Gasteiger partial charge in [-0.05, 0) is 30.7 Å². The molecule has 2 N–H and O–H groups in total. The maximum atomic E-state index is 12.5. The fraction of sp³-hybridized carbons (Fsp3) is 0.136. The highest BCUT2D eigenvalue weighted by Gasteiger charge is 2.14. The van der Waals surface area contributed by atoms with E-state index in [1.165, 1.54) is 18.5 Å². The monoisotopic (exact) mass is 375 g/mol. The lowest BCUT2D eigenvalue weighted by atomic mass is 10.1. The van der Waals surface area contributed by atoms with Crippen LogP contribution in [0.3, 0.4) is 0 Å². The van der Waals surface area contributed by atoms with E-state index in [0.29, 0.717) is 22.6 Å². The fourth-order valence-corrected chi connectivity index (χ4v) is 2.70. The van der Waals surface area contributed by atoms with Crippen LogP contribution in [0.4, 0.5) is 5.69 Å². The number of hydrogen-bond acceptors (Lipinski definition) is 4. The molecule has 1 heterocycles. The molecule has 0 aliphatic rings. The highest BCUT2D eigenvalue weighted by molar-refractivity contribution is 6.05. The molecule has 6 nitrogen and oxygen atoms in total. The van der Waals surface area contributed by atoms with Crippen molar-refractivity contribution in [2.75, 3.05) is 12.4 Å². The summed E-state index contributed by atoms with van der Waals surface area (Å²) in [5.41, 5.74) is 2.21. The van der Waals surface area contributed by atoms with E-state index in [1.807, 2.05) is 37.3 Å². The van der Waals surface area contributed by atoms with Gasteiger partial charge < -0.3 is 15.4 Å². The number of nitrogens with zero attached hydrogens (tertiary/aromatic N) is 1. The van der Waals surface area contributed by atoms with Gasteiger partial charge in [-0.2, -0.15) is 0 Å². The highest BCUT2D eigenvalue weighted by Crippen LogP contribution is 2.18. The van der Waals surface area contributed by atoms with E-state index in [0.717, 1.165) is 5.56 Å². The molecule has 0 saturated carbocycles. The number of methoxy groups -OCH3 is 1. The number of anilines is 1. The number of ether oxygens (including phenoxy) is 1. The van der Waals surface area contributed by atoms with Crippen LogP contribution in [-0.4, -0.2) is 23.9 Å². The molecule has 0 bridgehead atoms. The Morgan fingerprint density at radius 3 is 2.36 bits per heavy atom. The largest absolute Gasteiger partial charge is 0.497 e. The Morgan fingerprint density at radius 2 is 1.64 bits per heavy atom. The lowest BCUT2D eigenvalue weighted by Gasteiger charge is -2.14. The van der Waals surface area contributed by atoms with E-state index in [1.54, 1.807) is 31.4 Å². The molecule has 0 saturated heterocycles. The normalized spacial score (nSPS) is 11.4. The molecule has 0 spiro atoms. The van der Waals surface area contributed by atoms with Crippen LogP contribution in [-0.2, 0) is 0 Å². The van der Waals surface area contributed by atoms with Crippen molar-refractivity contribution < 1.29 is 14.3 Å². The van der Waals surface area contributed by atoms with E-state index in [4.69, 9.17) is 4.74 Å². The number of rotatable bonds is 6. The molecular weight excluding hydrogens is 354 g/mol. The van der Waals surface area contributed by atoms with Gasteiger partial charge in [0.2, 0.25) is 0 Å². The highest BCUT2D eigenvalue weighted by atomic mass is 16.5. The predicted octanol–water partition coefficient (Wildman–Crippen LogP) is 3.83. The van der Waals surface area contributed by atoms with Gasteiger partial charge in [0.15, 0.2) is 0 Å². The molecule has 1 unspecified atom stereocenters. The minimum absolute atomic E-state index is 0.164. The van der Waals surface area contributed by atoms with Gasteiger partial charge in [-0.1, -0.05) is 36.4 Å². The SMILES string of the molecule is COc1cccc(NC(=O)c2cncc(C(=O)NC(C)c3ccccc3)c2)c1. The fourth-order valence-electron chi connectivity index (χ4n) is 2.70. The molecule has 0 fully saturated rings. The standard InChI is InChI=1S/C22H21N3O3/c1-15(16-7-4-3-5-8-16)24-21(26)17-11-18(14-23-13-17)22(27)25-19-9-6-10-20(12-19)28-2/h3-15H,1-2H3,(H,24,26)(H,25,27). The predicted molar refractivity (Wildman–Crippen MR) is 108 cm³/mol. The van der Waals surface area contributed by atoms with Crippen LogP contribution in [0.1, 0.15) is 39.2 Å². The van der Waals surface area contributed by atoms with Crippen LogP contribution in [0, 0.1) is 0 Å². The average molecular weight is 375 g/mol. The number of aromatic nitrogens is 1. The second kappa shape index (κ2) is 8.81. The first-order valence-corrected chi connectivity index (χ1v) is 8.83. The first-order valence-electron chi connectivity index (χ1n) is 8.83. The molecule has 142 valence electrons. The number of carbonyl (C=O) groups excluding carboxylic acids is 2. The number of pyridine rings is 1. The van der Waals surface area contributed by atoms with Crippen molar-refractivity contribution in [3.8, 4) is 5.75 Å². The molecule has 6 heteroatoms. The van der Waals surface area contributed by atoms with Gasteiger partial charge in [-0.3, -0.25) is 14.6 Å². The first kappa shape index (κ1) is 19.1. The molecule has 0 aliphatic heterocycles. The van der Waals surface area contributed by atoms with E-state index >= 15 is 0 Å². The Balaban J connectivity index is 1.70. The van der Waals surface area contributed by atoms with Crippen molar-refractivity contribution in [2.24, 2.45) is 0 Å². The number of nitrogens with one attached hydrogen (secondary N) is 2. The number of amides is 2. The van der Waals surface area contributed by atoms with Crippen molar-refractivity contribution >= 4 is 17.5 Å². The summed E-state index contributed by atoms with van der Waals surface area (Å²) in [4.78, 5) is 29.1. The summed E-state index contributed by atoms with van der Waals surface area (Å²) in [6.07, 6.45) is 2.86.